The lowest BCUT2D eigenvalue weighted by Crippen LogP contribution is -2.45. The number of thioether (sulfide) groups is 1. The molecule has 9 nitrogen and oxygen atoms in total. The maximum absolute atomic E-state index is 13.3. The Morgan fingerprint density at radius 3 is 2.80 bits per heavy atom. The van der Waals surface area contributed by atoms with Crippen molar-refractivity contribution in [1.82, 2.24) is 9.80 Å². The number of hydrogen-bond donors (Lipinski definition) is 1. The monoisotopic (exact) mass is 498 g/mol. The Kier molecular flexibility index (Phi) is 7.49. The van der Waals surface area contributed by atoms with Gasteiger partial charge in [-0.05, 0) is 49.8 Å². The van der Waals surface area contributed by atoms with Gasteiger partial charge in [-0.25, -0.2) is 9.79 Å². The van der Waals surface area contributed by atoms with Gasteiger partial charge in [0.25, 0.3) is 0 Å². The van der Waals surface area contributed by atoms with Crippen molar-refractivity contribution in [2.45, 2.75) is 39.2 Å². The van der Waals surface area contributed by atoms with Gasteiger partial charge in [0, 0.05) is 18.8 Å². The number of piperidine rings is 1. The highest BCUT2D eigenvalue weighted by Gasteiger charge is 2.41. The smallest absolute Gasteiger partial charge is 0.338 e. The van der Waals surface area contributed by atoms with E-state index in [0.717, 1.165) is 17.7 Å². The number of amides is 2. The van der Waals surface area contributed by atoms with Crippen LogP contribution in [-0.4, -0.2) is 59.6 Å². The molecule has 35 heavy (non-hydrogen) atoms. The minimum absolute atomic E-state index is 0.0857. The number of amidine groups is 1. The first-order valence-electron chi connectivity index (χ1n) is 11.7. The summed E-state index contributed by atoms with van der Waals surface area (Å²) in [6, 6.07) is 6.99. The maximum Gasteiger partial charge on any atom is 0.338 e. The highest BCUT2D eigenvalue weighted by atomic mass is 32.2. The Balaban J connectivity index is 1.66. The zero-order valence-electron chi connectivity index (χ0n) is 20.2. The molecule has 10 heteroatoms. The molecule has 3 aliphatic heterocycles. The molecule has 3 heterocycles. The quantitative estimate of drug-likeness (QED) is 0.575. The summed E-state index contributed by atoms with van der Waals surface area (Å²) in [5.41, 5.74) is 8.06. The second-order valence-corrected chi connectivity index (χ2v) is 9.48. The van der Waals surface area contributed by atoms with Crippen molar-refractivity contribution >= 4 is 34.7 Å². The molecular formula is C25H30N4O5S. The Morgan fingerprint density at radius 2 is 2.09 bits per heavy atom. The summed E-state index contributed by atoms with van der Waals surface area (Å²) in [6.07, 6.45) is 1.56. The fourth-order valence-electron chi connectivity index (χ4n) is 4.67. The van der Waals surface area contributed by atoms with E-state index in [1.54, 1.807) is 25.9 Å². The molecule has 0 aromatic heterocycles. The average molecular weight is 499 g/mol. The fraction of sp³-hybridized carbons (Fsp3) is 0.440. The minimum Gasteiger partial charge on any atom is -0.497 e. The van der Waals surface area contributed by atoms with Gasteiger partial charge in [0.05, 0.1) is 43.4 Å². The molecular weight excluding hydrogens is 468 g/mol. The average Bonchev–Trinajstić information content (AvgIpc) is 3.25. The maximum atomic E-state index is 13.3. The van der Waals surface area contributed by atoms with E-state index < -0.39 is 12.0 Å². The van der Waals surface area contributed by atoms with Crippen LogP contribution in [0.25, 0.3) is 0 Å². The number of fused-ring (bicyclic) bond motifs is 1. The fourth-order valence-corrected chi connectivity index (χ4v) is 5.63. The van der Waals surface area contributed by atoms with Gasteiger partial charge < -0.3 is 25.0 Å². The number of methoxy groups -OCH3 is 1. The largest absolute Gasteiger partial charge is 0.497 e. The van der Waals surface area contributed by atoms with Crippen LogP contribution in [-0.2, 0) is 19.1 Å². The van der Waals surface area contributed by atoms with Gasteiger partial charge in [-0.3, -0.25) is 9.59 Å². The molecule has 4 rings (SSSR count). The van der Waals surface area contributed by atoms with E-state index in [1.165, 1.54) is 11.8 Å². The van der Waals surface area contributed by atoms with Crippen molar-refractivity contribution in [2.24, 2.45) is 16.6 Å². The van der Waals surface area contributed by atoms with Gasteiger partial charge in [0.1, 0.15) is 5.75 Å². The number of nitrogens with zero attached hydrogens (tertiary/aromatic N) is 3. The normalized spacial score (nSPS) is 21.8. The van der Waals surface area contributed by atoms with Gasteiger partial charge >= 0.3 is 5.97 Å². The molecule has 3 aliphatic rings. The molecule has 1 aromatic rings. The molecule has 1 saturated heterocycles. The first-order valence-corrected chi connectivity index (χ1v) is 12.5. The first-order chi connectivity index (χ1) is 16.8. The summed E-state index contributed by atoms with van der Waals surface area (Å²) >= 11 is 1.42. The van der Waals surface area contributed by atoms with E-state index in [2.05, 4.69) is 4.99 Å². The van der Waals surface area contributed by atoms with Crippen molar-refractivity contribution in [1.29, 1.82) is 0 Å². The van der Waals surface area contributed by atoms with Crippen LogP contribution in [0.3, 0.4) is 0 Å². The number of benzene rings is 1. The third-order valence-electron chi connectivity index (χ3n) is 6.41. The number of allylic oxidation sites excluding steroid dienone is 1. The number of primary amides is 1. The molecule has 0 radical (unpaired) electrons. The molecule has 0 bridgehead atoms. The van der Waals surface area contributed by atoms with Gasteiger partial charge in [0.15, 0.2) is 5.17 Å². The van der Waals surface area contributed by atoms with Gasteiger partial charge in [-0.15, -0.1) is 0 Å². The van der Waals surface area contributed by atoms with Gasteiger partial charge in [-0.1, -0.05) is 23.9 Å². The van der Waals surface area contributed by atoms with Crippen LogP contribution >= 0.6 is 11.8 Å². The summed E-state index contributed by atoms with van der Waals surface area (Å²) < 4.78 is 10.8. The summed E-state index contributed by atoms with van der Waals surface area (Å²) in [5.74, 6) is -0.564. The van der Waals surface area contributed by atoms with Crippen molar-refractivity contribution in [3.8, 4) is 5.75 Å². The van der Waals surface area contributed by atoms with Crippen molar-refractivity contribution in [2.75, 3.05) is 26.8 Å². The van der Waals surface area contributed by atoms with Crippen LogP contribution in [0.5, 0.6) is 5.75 Å². The SMILES string of the molecule is CCOC(=O)C1=C(C)N=C2SC=C(CC(=O)N3CCC[C@H](C(N)=O)C3)N2[C@H]1c1cccc(OC)c1. The van der Waals surface area contributed by atoms with E-state index in [1.807, 2.05) is 34.6 Å². The molecule has 0 saturated carbocycles. The van der Waals surface area contributed by atoms with E-state index in [9.17, 15) is 14.4 Å². The Bertz CT molecular complexity index is 1130. The minimum atomic E-state index is -0.523. The Morgan fingerprint density at radius 1 is 1.29 bits per heavy atom. The summed E-state index contributed by atoms with van der Waals surface area (Å²) in [6.45, 7) is 4.73. The van der Waals surface area contributed by atoms with Crippen LogP contribution in [0.1, 0.15) is 44.7 Å². The number of esters is 1. The van der Waals surface area contributed by atoms with E-state index >= 15 is 0 Å². The second-order valence-electron chi connectivity index (χ2n) is 8.65. The van der Waals surface area contributed by atoms with E-state index in [0.29, 0.717) is 41.7 Å². The molecule has 0 aliphatic carbocycles. The number of nitrogens with two attached hydrogens (primary N) is 1. The number of carbonyl (C=O) groups excluding carboxylic acids is 3. The van der Waals surface area contributed by atoms with Crippen molar-refractivity contribution in [3.63, 3.8) is 0 Å². The second kappa shape index (κ2) is 10.6. The highest BCUT2D eigenvalue weighted by molar-refractivity contribution is 8.16. The molecule has 2 N–H and O–H groups in total. The molecule has 1 aromatic carbocycles. The Hall–Kier alpha value is -3.27. The number of hydrogen-bond acceptors (Lipinski definition) is 8. The summed E-state index contributed by atoms with van der Waals surface area (Å²) in [4.78, 5) is 46.3. The predicted molar refractivity (Wildman–Crippen MR) is 133 cm³/mol. The van der Waals surface area contributed by atoms with E-state index in [-0.39, 0.29) is 30.8 Å². The zero-order valence-corrected chi connectivity index (χ0v) is 21.0. The number of aliphatic imine (C=N–C) groups is 1. The topological polar surface area (TPSA) is 115 Å². The zero-order chi connectivity index (χ0) is 25.1. The molecule has 2 atom stereocenters. The highest BCUT2D eigenvalue weighted by Crippen LogP contribution is 2.45. The standard InChI is InChI=1S/C25H30N4O5S/c1-4-34-24(32)21-15(2)27-25-29(22(21)16-7-5-9-19(11-16)33-3)18(14-35-25)12-20(30)28-10-6-8-17(13-28)23(26)31/h5,7,9,11,14,17,22H,4,6,8,10,12-13H2,1-3H3,(H2,26,31)/t17-,22-/m0/s1. The van der Waals surface area contributed by atoms with Crippen LogP contribution < -0.4 is 10.5 Å². The van der Waals surface area contributed by atoms with Crippen LogP contribution in [0.15, 0.2) is 51.6 Å². The summed E-state index contributed by atoms with van der Waals surface area (Å²) in [7, 11) is 1.59. The molecule has 1 fully saturated rings. The van der Waals surface area contributed by atoms with Crippen LogP contribution in [0.2, 0.25) is 0 Å². The van der Waals surface area contributed by atoms with Crippen molar-refractivity contribution < 1.29 is 23.9 Å². The molecule has 186 valence electrons. The lowest BCUT2D eigenvalue weighted by Gasteiger charge is -2.37. The lowest BCUT2D eigenvalue weighted by molar-refractivity contribution is -0.139. The van der Waals surface area contributed by atoms with Crippen LogP contribution in [0, 0.1) is 5.92 Å². The lowest BCUT2D eigenvalue weighted by atomic mass is 9.93. The molecule has 0 unspecified atom stereocenters. The number of likely N-dealkylation sites (tertiary alicyclic amines) is 1. The third-order valence-corrected chi connectivity index (χ3v) is 7.30. The number of ether oxygens (including phenoxy) is 2. The van der Waals surface area contributed by atoms with Gasteiger partial charge in [-0.2, -0.15) is 0 Å². The van der Waals surface area contributed by atoms with Gasteiger partial charge in [0.2, 0.25) is 11.8 Å². The Labute approximate surface area is 209 Å². The number of rotatable bonds is 7. The summed E-state index contributed by atoms with van der Waals surface area (Å²) in [5, 5.41) is 2.60. The number of carbonyl (C=O) groups is 3. The third kappa shape index (κ3) is 5.07. The first kappa shape index (κ1) is 24.8. The van der Waals surface area contributed by atoms with E-state index in [4.69, 9.17) is 15.2 Å². The van der Waals surface area contributed by atoms with Crippen molar-refractivity contribution in [3.05, 3.63) is 52.2 Å². The predicted octanol–water partition coefficient (Wildman–Crippen LogP) is 2.95. The van der Waals surface area contributed by atoms with Crippen LogP contribution in [0.4, 0.5) is 0 Å². The molecule has 2 amide bonds. The molecule has 0 spiro atoms.